The van der Waals surface area contributed by atoms with Crippen molar-refractivity contribution in [3.63, 3.8) is 0 Å². The Hall–Kier alpha value is -2.90. The van der Waals surface area contributed by atoms with Crippen molar-refractivity contribution >= 4 is 23.9 Å². The average Bonchev–Trinajstić information content (AvgIpc) is 2.80. The lowest BCUT2D eigenvalue weighted by Crippen LogP contribution is -2.48. The molecule has 1 fully saturated rings. The molecule has 1 aliphatic rings. The third-order valence-electron chi connectivity index (χ3n) is 3.95. The number of carbonyl (C=O) groups excluding carboxylic acids is 4. The van der Waals surface area contributed by atoms with Crippen LogP contribution < -0.4 is 16.0 Å². The van der Waals surface area contributed by atoms with Gasteiger partial charge in [0, 0.05) is 6.04 Å². The van der Waals surface area contributed by atoms with Crippen molar-refractivity contribution in [2.45, 2.75) is 38.8 Å². The molecule has 1 aromatic carbocycles. The van der Waals surface area contributed by atoms with Crippen molar-refractivity contribution in [1.29, 1.82) is 0 Å². The molecule has 6 amide bonds. The summed E-state index contributed by atoms with van der Waals surface area (Å²) >= 11 is 0. The van der Waals surface area contributed by atoms with Crippen LogP contribution in [0.4, 0.5) is 9.59 Å². The van der Waals surface area contributed by atoms with Crippen molar-refractivity contribution in [2.75, 3.05) is 6.54 Å². The minimum atomic E-state index is -1.20. The summed E-state index contributed by atoms with van der Waals surface area (Å²) in [6.07, 6.45) is 0.341. The molecule has 0 aromatic heterocycles. The largest absolute Gasteiger partial charge is 0.336 e. The first-order valence-electron chi connectivity index (χ1n) is 8.10. The molecule has 1 aliphatic heterocycles. The highest BCUT2D eigenvalue weighted by Gasteiger charge is 2.51. The highest BCUT2D eigenvalue weighted by Crippen LogP contribution is 2.32. The first-order valence-corrected chi connectivity index (χ1v) is 8.10. The molecule has 1 heterocycles. The van der Waals surface area contributed by atoms with E-state index in [9.17, 15) is 19.2 Å². The van der Waals surface area contributed by atoms with Crippen LogP contribution in [0.2, 0.25) is 0 Å². The Morgan fingerprint density at radius 2 is 1.84 bits per heavy atom. The second-order valence-corrected chi connectivity index (χ2v) is 6.12. The molecule has 0 radical (unpaired) electrons. The minimum absolute atomic E-state index is 0.143. The molecule has 0 spiro atoms. The maximum atomic E-state index is 12.8. The predicted octanol–water partition coefficient (Wildman–Crippen LogP) is 1.08. The van der Waals surface area contributed by atoms with Gasteiger partial charge in [0.2, 0.25) is 5.91 Å². The van der Waals surface area contributed by atoms with Crippen molar-refractivity contribution in [2.24, 2.45) is 0 Å². The number of hydrogen-bond donors (Lipinski definition) is 3. The molecule has 8 nitrogen and oxygen atoms in total. The topological polar surface area (TPSA) is 108 Å². The molecule has 25 heavy (non-hydrogen) atoms. The van der Waals surface area contributed by atoms with Crippen LogP contribution in [0.3, 0.4) is 0 Å². The molecular weight excluding hydrogens is 324 g/mol. The summed E-state index contributed by atoms with van der Waals surface area (Å²) in [5.41, 5.74) is -0.546. The number of hydrogen-bond acceptors (Lipinski definition) is 4. The van der Waals surface area contributed by atoms with Gasteiger partial charge in [-0.15, -0.1) is 0 Å². The fourth-order valence-electron chi connectivity index (χ4n) is 2.74. The summed E-state index contributed by atoms with van der Waals surface area (Å²) in [5, 5.41) is 7.28. The molecule has 134 valence electrons. The summed E-state index contributed by atoms with van der Waals surface area (Å²) in [4.78, 5) is 49.4. The molecule has 0 bridgehead atoms. The number of imide groups is 2. The lowest BCUT2D eigenvalue weighted by Gasteiger charge is -2.25. The van der Waals surface area contributed by atoms with Crippen molar-refractivity contribution < 1.29 is 19.2 Å². The van der Waals surface area contributed by atoms with Gasteiger partial charge in [0.05, 0.1) is 0 Å². The molecule has 0 aliphatic carbocycles. The van der Waals surface area contributed by atoms with E-state index in [1.807, 2.05) is 6.07 Å². The maximum Gasteiger partial charge on any atom is 0.325 e. The summed E-state index contributed by atoms with van der Waals surface area (Å²) in [5.74, 6) is -1.24. The monoisotopic (exact) mass is 346 g/mol. The van der Waals surface area contributed by atoms with Gasteiger partial charge < -0.3 is 10.6 Å². The molecule has 1 saturated heterocycles. The zero-order valence-electron chi connectivity index (χ0n) is 14.5. The fourth-order valence-corrected chi connectivity index (χ4v) is 2.74. The number of rotatable bonds is 5. The van der Waals surface area contributed by atoms with Gasteiger partial charge in [0.1, 0.15) is 12.1 Å². The molecular formula is C17H22N4O4. The van der Waals surface area contributed by atoms with Gasteiger partial charge in [-0.25, -0.2) is 9.59 Å². The van der Waals surface area contributed by atoms with Crippen LogP contribution in [0.1, 0.15) is 32.8 Å². The molecule has 0 unspecified atom stereocenters. The van der Waals surface area contributed by atoms with Gasteiger partial charge in [-0.2, -0.15) is 0 Å². The third-order valence-corrected chi connectivity index (χ3v) is 3.95. The van der Waals surface area contributed by atoms with Gasteiger partial charge in [0.25, 0.3) is 5.91 Å². The second-order valence-electron chi connectivity index (χ2n) is 6.12. The first-order chi connectivity index (χ1) is 11.8. The van der Waals surface area contributed by atoms with E-state index in [4.69, 9.17) is 0 Å². The smallest absolute Gasteiger partial charge is 0.325 e. The van der Waals surface area contributed by atoms with Crippen LogP contribution in [0.5, 0.6) is 0 Å². The Bertz CT molecular complexity index is 689. The first kappa shape index (κ1) is 18.4. The van der Waals surface area contributed by atoms with E-state index in [0.29, 0.717) is 12.0 Å². The summed E-state index contributed by atoms with van der Waals surface area (Å²) in [6.45, 7) is 4.75. The Labute approximate surface area is 145 Å². The standard InChI is InChI=1S/C17H22N4O4/c1-4-17(12-8-6-5-7-9-12)14(23)21(16(25)20-17)10-13(22)19-15(24)18-11(2)3/h5-9,11H,4,10H2,1-3H3,(H,20,25)(H2,18,19,22,24)/t17-/m0/s1. The van der Waals surface area contributed by atoms with Crippen LogP contribution in [-0.2, 0) is 15.1 Å². The van der Waals surface area contributed by atoms with E-state index in [0.717, 1.165) is 4.90 Å². The lowest BCUT2D eigenvalue weighted by molar-refractivity contribution is -0.135. The highest BCUT2D eigenvalue weighted by atomic mass is 16.2. The van der Waals surface area contributed by atoms with E-state index in [-0.39, 0.29) is 6.04 Å². The maximum absolute atomic E-state index is 12.8. The average molecular weight is 346 g/mol. The molecule has 3 N–H and O–H groups in total. The summed E-state index contributed by atoms with van der Waals surface area (Å²) in [6, 6.07) is 7.40. The Morgan fingerprint density at radius 3 is 2.40 bits per heavy atom. The van der Waals surface area contributed by atoms with Crippen molar-refractivity contribution in [1.82, 2.24) is 20.9 Å². The van der Waals surface area contributed by atoms with Crippen LogP contribution in [0.15, 0.2) is 30.3 Å². The number of amides is 6. The Balaban J connectivity index is 2.13. The number of benzene rings is 1. The Morgan fingerprint density at radius 1 is 1.20 bits per heavy atom. The minimum Gasteiger partial charge on any atom is -0.336 e. The van der Waals surface area contributed by atoms with Crippen LogP contribution >= 0.6 is 0 Å². The lowest BCUT2D eigenvalue weighted by atomic mass is 9.87. The summed E-state index contributed by atoms with van der Waals surface area (Å²) < 4.78 is 0. The normalized spacial score (nSPS) is 19.8. The summed E-state index contributed by atoms with van der Waals surface area (Å²) in [7, 11) is 0. The molecule has 0 saturated carbocycles. The highest BCUT2D eigenvalue weighted by molar-refractivity contribution is 6.10. The quantitative estimate of drug-likeness (QED) is 0.693. The van der Waals surface area contributed by atoms with Crippen LogP contribution in [0.25, 0.3) is 0 Å². The van der Waals surface area contributed by atoms with Crippen LogP contribution in [0, 0.1) is 0 Å². The molecule has 1 atom stereocenters. The fraction of sp³-hybridized carbons (Fsp3) is 0.412. The van der Waals surface area contributed by atoms with E-state index < -0.39 is 36.0 Å². The Kier molecular flexibility index (Phi) is 5.41. The van der Waals surface area contributed by atoms with E-state index in [2.05, 4.69) is 16.0 Å². The third kappa shape index (κ3) is 3.78. The zero-order chi connectivity index (χ0) is 18.6. The predicted molar refractivity (Wildman–Crippen MR) is 90.5 cm³/mol. The number of carbonyl (C=O) groups is 4. The number of urea groups is 2. The molecule has 1 aromatic rings. The van der Waals surface area contributed by atoms with E-state index in [1.54, 1.807) is 45.0 Å². The van der Waals surface area contributed by atoms with Gasteiger partial charge in [-0.3, -0.25) is 19.8 Å². The zero-order valence-corrected chi connectivity index (χ0v) is 14.5. The second kappa shape index (κ2) is 7.33. The van der Waals surface area contributed by atoms with Crippen molar-refractivity contribution in [3.05, 3.63) is 35.9 Å². The van der Waals surface area contributed by atoms with Crippen molar-refractivity contribution in [3.8, 4) is 0 Å². The van der Waals surface area contributed by atoms with Gasteiger partial charge in [-0.05, 0) is 25.8 Å². The number of nitrogens with zero attached hydrogens (tertiary/aromatic N) is 1. The van der Waals surface area contributed by atoms with Gasteiger partial charge in [-0.1, -0.05) is 37.3 Å². The number of nitrogens with one attached hydrogen (secondary N) is 3. The molecule has 8 heteroatoms. The van der Waals surface area contributed by atoms with Crippen LogP contribution in [-0.4, -0.2) is 41.4 Å². The van der Waals surface area contributed by atoms with E-state index >= 15 is 0 Å². The SMILES string of the molecule is CC[C@@]1(c2ccccc2)NC(=O)N(CC(=O)NC(=O)NC(C)C)C1=O. The van der Waals surface area contributed by atoms with Gasteiger partial charge >= 0.3 is 12.1 Å². The van der Waals surface area contributed by atoms with E-state index in [1.165, 1.54) is 0 Å². The molecule has 2 rings (SSSR count). The van der Waals surface area contributed by atoms with Gasteiger partial charge in [0.15, 0.2) is 0 Å².